The molecule has 0 spiro atoms. The Hall–Kier alpha value is -1.79. The highest BCUT2D eigenvalue weighted by molar-refractivity contribution is 5.75. The zero-order valence-corrected chi connectivity index (χ0v) is 9.40. The zero-order chi connectivity index (χ0) is 12.2. The Morgan fingerprint density at radius 1 is 1.44 bits per heavy atom. The van der Waals surface area contributed by atoms with Crippen molar-refractivity contribution in [1.29, 1.82) is 0 Å². The van der Waals surface area contributed by atoms with Gasteiger partial charge in [-0.15, -0.1) is 6.42 Å². The molecule has 3 heteroatoms. The standard InChI is InChI=1S/C13H15NO2/c1-4-13(2,3)14-11(12(15)16)10-8-6-5-7-9-10/h1,5-9,11,14H,2-3H3,(H,15,16). The van der Waals surface area contributed by atoms with Crippen LogP contribution in [-0.4, -0.2) is 16.6 Å². The van der Waals surface area contributed by atoms with Crippen LogP contribution < -0.4 is 5.32 Å². The van der Waals surface area contributed by atoms with Crippen LogP contribution in [0.4, 0.5) is 0 Å². The number of hydrogen-bond acceptors (Lipinski definition) is 2. The summed E-state index contributed by atoms with van der Waals surface area (Å²) in [5.41, 5.74) is 0.0390. The molecule has 3 nitrogen and oxygen atoms in total. The minimum Gasteiger partial charge on any atom is -0.480 e. The van der Waals surface area contributed by atoms with Crippen molar-refractivity contribution in [2.45, 2.75) is 25.4 Å². The fraction of sp³-hybridized carbons (Fsp3) is 0.308. The number of terminal acetylenes is 1. The first-order chi connectivity index (χ1) is 7.46. The third-order valence-corrected chi connectivity index (χ3v) is 2.25. The first-order valence-electron chi connectivity index (χ1n) is 4.99. The van der Waals surface area contributed by atoms with Crippen molar-refractivity contribution in [3.63, 3.8) is 0 Å². The predicted octanol–water partition coefficient (Wildman–Crippen LogP) is 1.81. The monoisotopic (exact) mass is 217 g/mol. The van der Waals surface area contributed by atoms with Crippen molar-refractivity contribution in [1.82, 2.24) is 5.32 Å². The van der Waals surface area contributed by atoms with Gasteiger partial charge in [0.05, 0.1) is 5.54 Å². The molecule has 0 aromatic heterocycles. The summed E-state index contributed by atoms with van der Waals surface area (Å²) in [5, 5.41) is 12.1. The Bertz CT molecular complexity index is 404. The largest absolute Gasteiger partial charge is 0.480 e. The highest BCUT2D eigenvalue weighted by atomic mass is 16.4. The van der Waals surface area contributed by atoms with E-state index in [1.54, 1.807) is 38.1 Å². The van der Waals surface area contributed by atoms with E-state index in [9.17, 15) is 4.79 Å². The molecule has 2 N–H and O–H groups in total. The summed E-state index contributed by atoms with van der Waals surface area (Å²) in [7, 11) is 0. The van der Waals surface area contributed by atoms with Crippen LogP contribution >= 0.6 is 0 Å². The number of carboxylic acids is 1. The molecular formula is C13H15NO2. The molecule has 0 heterocycles. The first-order valence-corrected chi connectivity index (χ1v) is 4.99. The molecule has 16 heavy (non-hydrogen) atoms. The second-order valence-electron chi connectivity index (χ2n) is 4.10. The van der Waals surface area contributed by atoms with Gasteiger partial charge in [-0.05, 0) is 19.4 Å². The minimum atomic E-state index is -0.936. The number of benzene rings is 1. The van der Waals surface area contributed by atoms with Gasteiger partial charge in [-0.1, -0.05) is 36.3 Å². The van der Waals surface area contributed by atoms with E-state index in [4.69, 9.17) is 11.5 Å². The molecule has 0 fully saturated rings. The van der Waals surface area contributed by atoms with Gasteiger partial charge in [-0.3, -0.25) is 10.1 Å². The number of hydrogen-bond donors (Lipinski definition) is 2. The Labute approximate surface area is 95.5 Å². The lowest BCUT2D eigenvalue weighted by Gasteiger charge is -2.25. The summed E-state index contributed by atoms with van der Waals surface area (Å²) in [4.78, 5) is 11.2. The van der Waals surface area contributed by atoms with Gasteiger partial charge >= 0.3 is 5.97 Å². The van der Waals surface area contributed by atoms with Crippen LogP contribution in [0.2, 0.25) is 0 Å². The molecule has 0 bridgehead atoms. The third kappa shape index (κ3) is 3.11. The minimum absolute atomic E-state index is 0.654. The molecule has 0 amide bonds. The van der Waals surface area contributed by atoms with Crippen molar-refractivity contribution < 1.29 is 9.90 Å². The molecule has 1 aromatic carbocycles. The Morgan fingerprint density at radius 2 is 2.00 bits per heavy atom. The van der Waals surface area contributed by atoms with E-state index in [-0.39, 0.29) is 0 Å². The van der Waals surface area contributed by atoms with Gasteiger partial charge in [0.25, 0.3) is 0 Å². The van der Waals surface area contributed by atoms with Crippen molar-refractivity contribution in [2.24, 2.45) is 0 Å². The van der Waals surface area contributed by atoms with E-state index in [0.717, 1.165) is 0 Å². The molecule has 1 aromatic rings. The van der Waals surface area contributed by atoms with E-state index >= 15 is 0 Å². The molecule has 1 unspecified atom stereocenters. The summed E-state index contributed by atoms with van der Waals surface area (Å²) in [6.45, 7) is 3.54. The van der Waals surface area contributed by atoms with E-state index in [1.165, 1.54) is 0 Å². The van der Waals surface area contributed by atoms with Crippen LogP contribution in [0.25, 0.3) is 0 Å². The normalized spacial score (nSPS) is 12.8. The maximum atomic E-state index is 11.2. The molecule has 0 saturated carbocycles. The Kier molecular flexibility index (Phi) is 3.70. The van der Waals surface area contributed by atoms with Crippen molar-refractivity contribution in [3.8, 4) is 12.3 Å². The smallest absolute Gasteiger partial charge is 0.325 e. The van der Waals surface area contributed by atoms with E-state index in [2.05, 4.69) is 11.2 Å². The van der Waals surface area contributed by atoms with Crippen LogP contribution in [-0.2, 0) is 4.79 Å². The quantitative estimate of drug-likeness (QED) is 0.756. The maximum Gasteiger partial charge on any atom is 0.325 e. The summed E-state index contributed by atoms with van der Waals surface area (Å²) < 4.78 is 0. The number of nitrogens with one attached hydrogen (secondary N) is 1. The van der Waals surface area contributed by atoms with Crippen molar-refractivity contribution >= 4 is 5.97 Å². The van der Waals surface area contributed by atoms with E-state index in [0.29, 0.717) is 5.56 Å². The topological polar surface area (TPSA) is 49.3 Å². The number of carboxylic acid groups (broad SMARTS) is 1. The highest BCUT2D eigenvalue weighted by Crippen LogP contribution is 2.16. The van der Waals surface area contributed by atoms with Crippen LogP contribution in [0.15, 0.2) is 30.3 Å². The van der Waals surface area contributed by atoms with Gasteiger partial charge < -0.3 is 5.11 Å². The van der Waals surface area contributed by atoms with E-state index < -0.39 is 17.6 Å². The predicted molar refractivity (Wildman–Crippen MR) is 62.9 cm³/mol. The Morgan fingerprint density at radius 3 is 2.44 bits per heavy atom. The summed E-state index contributed by atoms with van der Waals surface area (Å²) in [6, 6.07) is 8.18. The molecule has 0 aliphatic heterocycles. The van der Waals surface area contributed by atoms with Crippen LogP contribution in [0, 0.1) is 12.3 Å². The molecule has 84 valence electrons. The van der Waals surface area contributed by atoms with Gasteiger partial charge in [0, 0.05) is 0 Å². The molecule has 1 rings (SSSR count). The van der Waals surface area contributed by atoms with Gasteiger partial charge in [-0.2, -0.15) is 0 Å². The SMILES string of the molecule is C#CC(C)(C)NC(C(=O)O)c1ccccc1. The van der Waals surface area contributed by atoms with Gasteiger partial charge in [0.1, 0.15) is 6.04 Å². The second kappa shape index (κ2) is 4.82. The summed E-state index contributed by atoms with van der Waals surface area (Å²) in [5.74, 6) is 1.59. The second-order valence-corrected chi connectivity index (χ2v) is 4.10. The number of carbonyl (C=O) groups is 1. The average molecular weight is 217 g/mol. The van der Waals surface area contributed by atoms with Crippen LogP contribution in [0.1, 0.15) is 25.5 Å². The maximum absolute atomic E-state index is 11.2. The molecule has 0 radical (unpaired) electrons. The van der Waals surface area contributed by atoms with Crippen LogP contribution in [0.5, 0.6) is 0 Å². The van der Waals surface area contributed by atoms with Gasteiger partial charge in [0.15, 0.2) is 0 Å². The molecule has 0 saturated heterocycles. The van der Waals surface area contributed by atoms with Crippen molar-refractivity contribution in [2.75, 3.05) is 0 Å². The van der Waals surface area contributed by atoms with E-state index in [1.807, 2.05) is 6.07 Å². The van der Waals surface area contributed by atoms with Crippen LogP contribution in [0.3, 0.4) is 0 Å². The molecular weight excluding hydrogens is 202 g/mol. The van der Waals surface area contributed by atoms with Crippen molar-refractivity contribution in [3.05, 3.63) is 35.9 Å². The fourth-order valence-electron chi connectivity index (χ4n) is 1.34. The third-order valence-electron chi connectivity index (χ3n) is 2.25. The summed E-state index contributed by atoms with van der Waals surface area (Å²) >= 11 is 0. The summed E-state index contributed by atoms with van der Waals surface area (Å²) in [6.07, 6.45) is 5.33. The highest BCUT2D eigenvalue weighted by Gasteiger charge is 2.26. The fourth-order valence-corrected chi connectivity index (χ4v) is 1.34. The number of aliphatic carboxylic acids is 1. The van der Waals surface area contributed by atoms with Gasteiger partial charge in [-0.25, -0.2) is 0 Å². The van der Waals surface area contributed by atoms with Gasteiger partial charge in [0.2, 0.25) is 0 Å². The molecule has 1 atom stereocenters. The molecule has 0 aliphatic carbocycles. The molecule has 0 aliphatic rings. The number of rotatable bonds is 4. The average Bonchev–Trinajstić information content (AvgIpc) is 2.27. The lowest BCUT2D eigenvalue weighted by atomic mass is 10.0. The first kappa shape index (κ1) is 12.3. The lowest BCUT2D eigenvalue weighted by Crippen LogP contribution is -2.43. The zero-order valence-electron chi connectivity index (χ0n) is 9.40. The lowest BCUT2D eigenvalue weighted by molar-refractivity contribution is -0.140. The Balaban J connectivity index is 2.95.